The number of halogens is 2. The number of piperidine rings is 1. The predicted molar refractivity (Wildman–Crippen MR) is 59.9 cm³/mol. The highest BCUT2D eigenvalue weighted by Crippen LogP contribution is 2.15. The number of aliphatic hydroxyl groups is 1. The van der Waals surface area contributed by atoms with Gasteiger partial charge >= 0.3 is 0 Å². The van der Waals surface area contributed by atoms with Gasteiger partial charge in [-0.25, -0.2) is 8.78 Å². The first-order chi connectivity index (χ1) is 8.13. The van der Waals surface area contributed by atoms with E-state index < -0.39 is 13.0 Å². The Hall–Kier alpha value is -0.750. The molecule has 0 aromatic rings. The number of hydrogen-bond donors (Lipinski definition) is 2. The second-order valence-corrected chi connectivity index (χ2v) is 4.37. The molecule has 2 N–H and O–H groups in total. The molecular formula is C11H20F2N2O2. The molecule has 6 heteroatoms. The van der Waals surface area contributed by atoms with Crippen molar-refractivity contribution in [2.75, 3.05) is 32.8 Å². The maximum Gasteiger partial charge on any atom is 0.255 e. The van der Waals surface area contributed by atoms with Crippen molar-refractivity contribution in [2.24, 2.45) is 5.92 Å². The van der Waals surface area contributed by atoms with Crippen molar-refractivity contribution < 1.29 is 18.7 Å². The van der Waals surface area contributed by atoms with E-state index in [2.05, 4.69) is 5.32 Å². The van der Waals surface area contributed by atoms with Crippen molar-refractivity contribution in [2.45, 2.75) is 25.7 Å². The first-order valence-corrected chi connectivity index (χ1v) is 6.01. The Labute approximate surface area is 100.0 Å². The number of carbonyl (C=O) groups is 1. The summed E-state index contributed by atoms with van der Waals surface area (Å²) in [6.45, 7) is 0.861. The quantitative estimate of drug-likeness (QED) is 0.720. The van der Waals surface area contributed by atoms with Crippen molar-refractivity contribution >= 4 is 5.91 Å². The smallest absolute Gasteiger partial charge is 0.255 e. The Kier molecular flexibility index (Phi) is 6.36. The molecule has 0 aromatic heterocycles. The van der Waals surface area contributed by atoms with Gasteiger partial charge in [-0.1, -0.05) is 0 Å². The van der Waals surface area contributed by atoms with Crippen LogP contribution in [0.3, 0.4) is 0 Å². The van der Waals surface area contributed by atoms with Gasteiger partial charge in [0.15, 0.2) is 0 Å². The topological polar surface area (TPSA) is 52.6 Å². The van der Waals surface area contributed by atoms with Crippen LogP contribution in [0.1, 0.15) is 19.3 Å². The number of rotatable bonds is 6. The average Bonchev–Trinajstić information content (AvgIpc) is 2.29. The SMILES string of the molecule is O=C(CC1CCCNC1)N(CCO)CC(F)F. The number of alkyl halides is 2. The molecule has 4 nitrogen and oxygen atoms in total. The molecular weight excluding hydrogens is 230 g/mol. The average molecular weight is 250 g/mol. The highest BCUT2D eigenvalue weighted by atomic mass is 19.3. The zero-order chi connectivity index (χ0) is 12.7. The minimum atomic E-state index is -2.55. The molecule has 1 aliphatic rings. The summed E-state index contributed by atoms with van der Waals surface area (Å²) in [5, 5.41) is 11.9. The predicted octanol–water partition coefficient (Wildman–Crippen LogP) is 0.462. The lowest BCUT2D eigenvalue weighted by atomic mass is 9.95. The minimum absolute atomic E-state index is 0.0106. The summed E-state index contributed by atoms with van der Waals surface area (Å²) < 4.78 is 24.5. The maximum atomic E-state index is 12.3. The molecule has 0 spiro atoms. The third-order valence-electron chi connectivity index (χ3n) is 2.94. The summed E-state index contributed by atoms with van der Waals surface area (Å²) in [6.07, 6.45) is -0.276. The highest BCUT2D eigenvalue weighted by molar-refractivity contribution is 5.76. The Morgan fingerprint density at radius 3 is 2.82 bits per heavy atom. The Balaban J connectivity index is 2.39. The molecule has 1 aliphatic heterocycles. The highest BCUT2D eigenvalue weighted by Gasteiger charge is 2.22. The van der Waals surface area contributed by atoms with Gasteiger partial charge < -0.3 is 15.3 Å². The third-order valence-corrected chi connectivity index (χ3v) is 2.94. The van der Waals surface area contributed by atoms with E-state index in [0.29, 0.717) is 6.42 Å². The van der Waals surface area contributed by atoms with E-state index >= 15 is 0 Å². The molecule has 1 amide bonds. The lowest BCUT2D eigenvalue weighted by molar-refractivity contribution is -0.134. The zero-order valence-corrected chi connectivity index (χ0v) is 9.87. The van der Waals surface area contributed by atoms with Gasteiger partial charge in [0.25, 0.3) is 6.43 Å². The molecule has 0 aliphatic carbocycles. The van der Waals surface area contributed by atoms with Crippen LogP contribution in [0.2, 0.25) is 0 Å². The Morgan fingerprint density at radius 1 is 1.53 bits per heavy atom. The second kappa shape index (κ2) is 7.55. The number of amides is 1. The van der Waals surface area contributed by atoms with Crippen molar-refractivity contribution in [1.29, 1.82) is 0 Å². The van der Waals surface area contributed by atoms with Crippen LogP contribution in [0.15, 0.2) is 0 Å². The molecule has 1 atom stereocenters. The second-order valence-electron chi connectivity index (χ2n) is 4.37. The number of nitrogens with zero attached hydrogens (tertiary/aromatic N) is 1. The van der Waals surface area contributed by atoms with E-state index in [1.165, 1.54) is 0 Å². The summed E-state index contributed by atoms with van der Waals surface area (Å²) in [6, 6.07) is 0. The summed E-state index contributed by atoms with van der Waals surface area (Å²) in [5.41, 5.74) is 0. The van der Waals surface area contributed by atoms with E-state index in [0.717, 1.165) is 30.8 Å². The summed E-state index contributed by atoms with van der Waals surface area (Å²) >= 11 is 0. The molecule has 0 radical (unpaired) electrons. The Bertz CT molecular complexity index is 234. The standard InChI is InChI=1S/C11H20F2N2O2/c12-10(13)8-15(4-5-16)11(17)6-9-2-1-3-14-7-9/h9-10,14,16H,1-8H2. The van der Waals surface area contributed by atoms with Gasteiger partial charge in [-0.15, -0.1) is 0 Å². The first-order valence-electron chi connectivity index (χ1n) is 6.01. The summed E-state index contributed by atoms with van der Waals surface area (Å²) in [4.78, 5) is 12.8. The molecule has 0 saturated carbocycles. The molecule has 17 heavy (non-hydrogen) atoms. The van der Waals surface area contributed by atoms with Crippen LogP contribution in [0, 0.1) is 5.92 Å². The van der Waals surface area contributed by atoms with Crippen LogP contribution in [0.5, 0.6) is 0 Å². The molecule has 100 valence electrons. The lowest BCUT2D eigenvalue weighted by Gasteiger charge is -2.26. The fourth-order valence-corrected chi connectivity index (χ4v) is 2.08. The number of nitrogens with one attached hydrogen (secondary N) is 1. The van der Waals surface area contributed by atoms with Crippen LogP contribution in [0.25, 0.3) is 0 Å². The van der Waals surface area contributed by atoms with E-state index in [-0.39, 0.29) is 25.0 Å². The van der Waals surface area contributed by atoms with Gasteiger partial charge in [-0.2, -0.15) is 0 Å². The van der Waals surface area contributed by atoms with Crippen LogP contribution in [-0.4, -0.2) is 55.1 Å². The van der Waals surface area contributed by atoms with Gasteiger partial charge in [-0.3, -0.25) is 4.79 Å². The summed E-state index contributed by atoms with van der Waals surface area (Å²) in [5.74, 6) is -0.0526. The van der Waals surface area contributed by atoms with Crippen molar-refractivity contribution in [3.05, 3.63) is 0 Å². The van der Waals surface area contributed by atoms with Crippen LogP contribution in [0.4, 0.5) is 8.78 Å². The monoisotopic (exact) mass is 250 g/mol. The van der Waals surface area contributed by atoms with Crippen LogP contribution in [-0.2, 0) is 4.79 Å². The van der Waals surface area contributed by atoms with Crippen molar-refractivity contribution in [3.8, 4) is 0 Å². The summed E-state index contributed by atoms with van der Waals surface area (Å²) in [7, 11) is 0. The van der Waals surface area contributed by atoms with E-state index in [1.54, 1.807) is 0 Å². The van der Waals surface area contributed by atoms with Gasteiger partial charge in [0.2, 0.25) is 5.91 Å². The molecule has 1 fully saturated rings. The maximum absolute atomic E-state index is 12.3. The van der Waals surface area contributed by atoms with Crippen molar-refractivity contribution in [1.82, 2.24) is 10.2 Å². The molecule has 1 rings (SSSR count). The van der Waals surface area contributed by atoms with Crippen molar-refractivity contribution in [3.63, 3.8) is 0 Å². The van der Waals surface area contributed by atoms with E-state index in [4.69, 9.17) is 5.11 Å². The molecule has 0 aromatic carbocycles. The molecule has 0 bridgehead atoms. The van der Waals surface area contributed by atoms with Gasteiger partial charge in [0.05, 0.1) is 13.2 Å². The Morgan fingerprint density at radius 2 is 2.29 bits per heavy atom. The lowest BCUT2D eigenvalue weighted by Crippen LogP contribution is -2.40. The first kappa shape index (κ1) is 14.3. The minimum Gasteiger partial charge on any atom is -0.395 e. The molecule has 1 heterocycles. The fraction of sp³-hybridized carbons (Fsp3) is 0.909. The number of carbonyl (C=O) groups excluding carboxylic acids is 1. The van der Waals surface area contributed by atoms with Crippen LogP contribution >= 0.6 is 0 Å². The molecule has 1 saturated heterocycles. The fourth-order valence-electron chi connectivity index (χ4n) is 2.08. The van der Waals surface area contributed by atoms with E-state index in [9.17, 15) is 13.6 Å². The van der Waals surface area contributed by atoms with Gasteiger partial charge in [0.1, 0.15) is 0 Å². The van der Waals surface area contributed by atoms with Gasteiger partial charge in [0, 0.05) is 13.0 Å². The van der Waals surface area contributed by atoms with Gasteiger partial charge in [-0.05, 0) is 31.8 Å². The zero-order valence-electron chi connectivity index (χ0n) is 9.87. The largest absolute Gasteiger partial charge is 0.395 e. The molecule has 1 unspecified atom stereocenters. The normalized spacial score (nSPS) is 20.6. The number of hydrogen-bond acceptors (Lipinski definition) is 3. The van der Waals surface area contributed by atoms with Crippen LogP contribution < -0.4 is 5.32 Å². The van der Waals surface area contributed by atoms with E-state index in [1.807, 2.05) is 0 Å². The third kappa shape index (κ3) is 5.41. The number of aliphatic hydroxyl groups excluding tert-OH is 1.